The largest absolute Gasteiger partial charge is 0.278 e. The Morgan fingerprint density at radius 3 is 2.67 bits per heavy atom. The fourth-order valence-electron chi connectivity index (χ4n) is 1.81. The van der Waals surface area contributed by atoms with Crippen LogP contribution < -0.4 is 5.43 Å². The van der Waals surface area contributed by atoms with Gasteiger partial charge in [-0.3, -0.25) is 15.5 Å². The van der Waals surface area contributed by atoms with Crippen molar-refractivity contribution in [2.24, 2.45) is 5.10 Å². The second-order valence-electron chi connectivity index (χ2n) is 4.55. The van der Waals surface area contributed by atoms with Gasteiger partial charge in [-0.05, 0) is 37.6 Å². The molecule has 0 bridgehead atoms. The Hall–Kier alpha value is -2.40. The number of nitrogens with one attached hydrogen (secondary N) is 1. The van der Waals surface area contributed by atoms with E-state index in [-0.39, 0.29) is 5.69 Å². The van der Waals surface area contributed by atoms with E-state index >= 15 is 0 Å². The molecule has 0 aromatic heterocycles. The van der Waals surface area contributed by atoms with Crippen LogP contribution in [0.1, 0.15) is 18.1 Å². The number of rotatable bonds is 4. The van der Waals surface area contributed by atoms with Crippen LogP contribution in [0.4, 0.5) is 11.4 Å². The predicted molar refractivity (Wildman–Crippen MR) is 85.1 cm³/mol. The van der Waals surface area contributed by atoms with Crippen LogP contribution >= 0.6 is 11.6 Å². The van der Waals surface area contributed by atoms with E-state index in [1.807, 2.05) is 19.1 Å². The molecule has 0 spiro atoms. The summed E-state index contributed by atoms with van der Waals surface area (Å²) in [5.74, 6) is 0. The lowest BCUT2D eigenvalue weighted by Crippen LogP contribution is -2.03. The monoisotopic (exact) mass is 303 g/mol. The molecule has 21 heavy (non-hydrogen) atoms. The fraction of sp³-hybridized carbons (Fsp3) is 0.133. The highest BCUT2D eigenvalue weighted by molar-refractivity contribution is 6.31. The molecular formula is C15H14ClN3O2. The highest BCUT2D eigenvalue weighted by Crippen LogP contribution is 2.21. The second-order valence-corrected chi connectivity index (χ2v) is 4.95. The van der Waals surface area contributed by atoms with Crippen LogP contribution in [0.15, 0.2) is 47.6 Å². The van der Waals surface area contributed by atoms with E-state index in [4.69, 9.17) is 11.6 Å². The minimum atomic E-state index is -0.420. The summed E-state index contributed by atoms with van der Waals surface area (Å²) in [7, 11) is 0. The van der Waals surface area contributed by atoms with Crippen LogP contribution in [0, 0.1) is 17.0 Å². The van der Waals surface area contributed by atoms with Crippen molar-refractivity contribution in [3.8, 4) is 0 Å². The van der Waals surface area contributed by atoms with E-state index in [9.17, 15) is 10.1 Å². The molecule has 0 aliphatic carbocycles. The van der Waals surface area contributed by atoms with Crippen molar-refractivity contribution in [3.63, 3.8) is 0 Å². The van der Waals surface area contributed by atoms with Crippen LogP contribution in [0.5, 0.6) is 0 Å². The molecule has 0 aliphatic rings. The Kier molecular flexibility index (Phi) is 4.55. The number of nitro groups is 1. The number of hydrogen-bond acceptors (Lipinski definition) is 4. The lowest BCUT2D eigenvalue weighted by atomic mass is 10.1. The zero-order valence-corrected chi connectivity index (χ0v) is 12.4. The van der Waals surface area contributed by atoms with Gasteiger partial charge >= 0.3 is 0 Å². The minimum absolute atomic E-state index is 0.0301. The molecule has 0 saturated heterocycles. The molecule has 0 heterocycles. The van der Waals surface area contributed by atoms with Gasteiger partial charge in [0.15, 0.2) is 0 Å². The van der Waals surface area contributed by atoms with Gasteiger partial charge in [0.2, 0.25) is 0 Å². The summed E-state index contributed by atoms with van der Waals surface area (Å²) in [5.41, 5.74) is 5.59. The van der Waals surface area contributed by atoms with Gasteiger partial charge in [-0.15, -0.1) is 0 Å². The first kappa shape index (κ1) is 15.0. The van der Waals surface area contributed by atoms with Gasteiger partial charge in [-0.25, -0.2) is 0 Å². The number of halogens is 1. The number of benzene rings is 2. The van der Waals surface area contributed by atoms with Crippen molar-refractivity contribution in [3.05, 3.63) is 68.7 Å². The molecule has 5 nitrogen and oxygen atoms in total. The van der Waals surface area contributed by atoms with Crippen molar-refractivity contribution < 1.29 is 4.92 Å². The maximum Gasteiger partial charge on any atom is 0.278 e. The standard InChI is InChI=1S/C15H14ClN3O2/c1-10-7-8-12(9-14(10)16)18-17-11(2)13-5-3-4-6-15(13)19(20)21/h3-9,18H,1-2H3/b17-11-. The van der Waals surface area contributed by atoms with Crippen LogP contribution in [0.2, 0.25) is 5.02 Å². The fourth-order valence-corrected chi connectivity index (χ4v) is 1.99. The Balaban J connectivity index is 2.25. The van der Waals surface area contributed by atoms with Gasteiger partial charge < -0.3 is 0 Å². The summed E-state index contributed by atoms with van der Waals surface area (Å²) in [6.45, 7) is 3.62. The van der Waals surface area contributed by atoms with Gasteiger partial charge in [0, 0.05) is 11.1 Å². The molecule has 0 radical (unpaired) electrons. The maximum absolute atomic E-state index is 11.0. The third kappa shape index (κ3) is 3.58. The van der Waals surface area contributed by atoms with Crippen molar-refractivity contribution in [1.82, 2.24) is 0 Å². The maximum atomic E-state index is 11.0. The average Bonchev–Trinajstić information content (AvgIpc) is 2.48. The van der Waals surface area contributed by atoms with Gasteiger partial charge in [0.05, 0.1) is 21.9 Å². The van der Waals surface area contributed by atoms with E-state index in [1.54, 1.807) is 31.2 Å². The van der Waals surface area contributed by atoms with E-state index in [0.717, 1.165) is 11.3 Å². The topological polar surface area (TPSA) is 67.5 Å². The van der Waals surface area contributed by atoms with Crippen LogP contribution in [-0.4, -0.2) is 10.6 Å². The molecule has 2 rings (SSSR count). The zero-order chi connectivity index (χ0) is 15.4. The Bertz CT molecular complexity index is 714. The van der Waals surface area contributed by atoms with Gasteiger partial charge in [-0.1, -0.05) is 29.8 Å². The number of para-hydroxylation sites is 1. The number of aryl methyl sites for hydroxylation is 1. The van der Waals surface area contributed by atoms with Gasteiger partial charge in [0.25, 0.3) is 5.69 Å². The number of nitro benzene ring substituents is 1. The lowest BCUT2D eigenvalue weighted by Gasteiger charge is -2.06. The molecule has 108 valence electrons. The first-order valence-corrected chi connectivity index (χ1v) is 6.67. The SMILES string of the molecule is C/C(=N/Nc1ccc(C)c(Cl)c1)c1ccccc1[N+](=O)[O-]. The smallest absolute Gasteiger partial charge is 0.278 e. The van der Waals surface area contributed by atoms with Gasteiger partial charge in [0.1, 0.15) is 0 Å². The summed E-state index contributed by atoms with van der Waals surface area (Å²) >= 11 is 6.04. The molecule has 6 heteroatoms. The third-order valence-electron chi connectivity index (χ3n) is 3.02. The quantitative estimate of drug-likeness (QED) is 0.517. The van der Waals surface area contributed by atoms with E-state index < -0.39 is 4.92 Å². The Morgan fingerprint density at radius 1 is 1.29 bits per heavy atom. The number of nitrogens with zero attached hydrogens (tertiary/aromatic N) is 2. The van der Waals surface area contributed by atoms with Crippen molar-refractivity contribution >= 4 is 28.7 Å². The Labute approximate surface area is 127 Å². The number of anilines is 1. The number of hydrazone groups is 1. The highest BCUT2D eigenvalue weighted by Gasteiger charge is 2.14. The summed E-state index contributed by atoms with van der Waals surface area (Å²) in [5, 5.41) is 15.8. The normalized spacial score (nSPS) is 11.3. The summed E-state index contributed by atoms with van der Waals surface area (Å²) in [6.07, 6.45) is 0. The van der Waals surface area contributed by atoms with Crippen molar-refractivity contribution in [1.29, 1.82) is 0 Å². The van der Waals surface area contributed by atoms with Crippen LogP contribution in [0.3, 0.4) is 0 Å². The van der Waals surface area contributed by atoms with Gasteiger partial charge in [-0.2, -0.15) is 5.10 Å². The van der Waals surface area contributed by atoms with E-state index in [0.29, 0.717) is 16.3 Å². The predicted octanol–water partition coefficient (Wildman–Crippen LogP) is 4.39. The molecular weight excluding hydrogens is 290 g/mol. The molecule has 0 atom stereocenters. The van der Waals surface area contributed by atoms with Crippen LogP contribution in [0.25, 0.3) is 0 Å². The first-order chi connectivity index (χ1) is 9.99. The molecule has 2 aromatic rings. The second kappa shape index (κ2) is 6.37. The molecule has 0 saturated carbocycles. The van der Waals surface area contributed by atoms with E-state index in [1.165, 1.54) is 6.07 Å². The summed E-state index contributed by atoms with van der Waals surface area (Å²) in [6, 6.07) is 12.0. The summed E-state index contributed by atoms with van der Waals surface area (Å²) < 4.78 is 0. The zero-order valence-electron chi connectivity index (χ0n) is 11.6. The first-order valence-electron chi connectivity index (χ1n) is 6.29. The van der Waals surface area contributed by atoms with E-state index in [2.05, 4.69) is 10.5 Å². The average molecular weight is 304 g/mol. The molecule has 0 amide bonds. The lowest BCUT2D eigenvalue weighted by molar-refractivity contribution is -0.385. The Morgan fingerprint density at radius 2 is 2.00 bits per heavy atom. The molecule has 0 aliphatic heterocycles. The molecule has 0 unspecified atom stereocenters. The molecule has 2 aromatic carbocycles. The highest BCUT2D eigenvalue weighted by atomic mass is 35.5. The van der Waals surface area contributed by atoms with Crippen LogP contribution in [-0.2, 0) is 0 Å². The summed E-state index contributed by atoms with van der Waals surface area (Å²) in [4.78, 5) is 10.6. The minimum Gasteiger partial charge on any atom is -0.278 e. The molecule has 0 fully saturated rings. The number of hydrogen-bond donors (Lipinski definition) is 1. The van der Waals surface area contributed by atoms with Crippen molar-refractivity contribution in [2.75, 3.05) is 5.43 Å². The molecule has 1 N–H and O–H groups in total. The van der Waals surface area contributed by atoms with Crippen molar-refractivity contribution in [2.45, 2.75) is 13.8 Å². The third-order valence-corrected chi connectivity index (χ3v) is 3.42.